The number of phenols is 2. The van der Waals surface area contributed by atoms with Crippen molar-refractivity contribution in [2.24, 2.45) is 16.7 Å². The number of fused-ring (bicyclic) bond motifs is 3. The van der Waals surface area contributed by atoms with Gasteiger partial charge in [-0.15, -0.1) is 0 Å². The molecule has 5 N–H and O–H groups in total. The number of rotatable bonds is 3. The highest BCUT2D eigenvalue weighted by molar-refractivity contribution is 5.94. The minimum absolute atomic E-state index is 0.0886. The van der Waals surface area contributed by atoms with E-state index in [1.54, 1.807) is 6.92 Å². The smallest absolute Gasteiger partial charge is 0.342 e. The van der Waals surface area contributed by atoms with Crippen LogP contribution < -0.4 is 0 Å². The van der Waals surface area contributed by atoms with Crippen molar-refractivity contribution in [1.29, 1.82) is 0 Å². The van der Waals surface area contributed by atoms with Crippen molar-refractivity contribution in [3.05, 3.63) is 34.9 Å². The maximum absolute atomic E-state index is 12.8. The Hall–Kier alpha value is -2.42. The second-order valence-electron chi connectivity index (χ2n) is 10.2. The van der Waals surface area contributed by atoms with Crippen LogP contribution in [0.3, 0.4) is 0 Å². The summed E-state index contributed by atoms with van der Waals surface area (Å²) in [7, 11) is 0. The van der Waals surface area contributed by atoms with E-state index < -0.39 is 51.9 Å². The number of hydrogen-bond acceptors (Lipinski definition) is 8. The fraction of sp³-hybridized carbons (Fsp3) is 0.565. The third-order valence-electron chi connectivity index (χ3n) is 7.75. The molecular weight excluding hydrogens is 404 g/mol. The van der Waals surface area contributed by atoms with Gasteiger partial charge in [0.1, 0.15) is 35.1 Å². The molecule has 2 saturated carbocycles. The monoisotopic (exact) mass is 432 g/mol. The van der Waals surface area contributed by atoms with Gasteiger partial charge in [-0.3, -0.25) is 4.79 Å². The Kier molecular flexibility index (Phi) is 4.44. The highest BCUT2D eigenvalue weighted by Crippen LogP contribution is 2.69. The van der Waals surface area contributed by atoms with E-state index in [0.29, 0.717) is 6.29 Å². The lowest BCUT2D eigenvalue weighted by molar-refractivity contribution is -0.272. The summed E-state index contributed by atoms with van der Waals surface area (Å²) in [5.41, 5.74) is -5.08. The van der Waals surface area contributed by atoms with Gasteiger partial charge in [-0.1, -0.05) is 20.8 Å². The van der Waals surface area contributed by atoms with E-state index in [9.17, 15) is 35.1 Å². The van der Waals surface area contributed by atoms with Crippen molar-refractivity contribution >= 4 is 12.3 Å². The van der Waals surface area contributed by atoms with Crippen LogP contribution in [0.2, 0.25) is 0 Å². The third-order valence-corrected chi connectivity index (χ3v) is 7.75. The Morgan fingerprint density at radius 3 is 2.42 bits per heavy atom. The zero-order valence-corrected chi connectivity index (χ0v) is 17.9. The summed E-state index contributed by atoms with van der Waals surface area (Å²) in [5, 5.41) is 53.6. The Morgan fingerprint density at radius 2 is 1.84 bits per heavy atom. The lowest BCUT2D eigenvalue weighted by Crippen LogP contribution is -2.76. The highest BCUT2D eigenvalue weighted by atomic mass is 16.6. The number of aryl methyl sites for hydroxylation is 1. The molecule has 168 valence electrons. The SMILES string of the molecule is Cc1cc(O)cc(O)c1C(=O)O[C@@H]1C[C@]2(C)[C@H]3[C@@H](O)C(C)(C)C[C@@]3(O)C=C(C=O)[C@]12O. The molecule has 8 nitrogen and oxygen atoms in total. The molecule has 0 aromatic heterocycles. The number of aliphatic hydroxyl groups excluding tert-OH is 1. The molecule has 6 atom stereocenters. The summed E-state index contributed by atoms with van der Waals surface area (Å²) >= 11 is 0. The zero-order valence-electron chi connectivity index (χ0n) is 17.9. The topological polar surface area (TPSA) is 145 Å². The van der Waals surface area contributed by atoms with Crippen molar-refractivity contribution in [3.63, 3.8) is 0 Å². The van der Waals surface area contributed by atoms with Crippen LogP contribution in [-0.4, -0.2) is 61.2 Å². The van der Waals surface area contributed by atoms with Crippen molar-refractivity contribution in [1.82, 2.24) is 0 Å². The van der Waals surface area contributed by atoms with Crippen LogP contribution in [0.4, 0.5) is 0 Å². The van der Waals surface area contributed by atoms with E-state index in [1.807, 2.05) is 13.8 Å². The molecule has 0 amide bonds. The Balaban J connectivity index is 1.72. The first kappa shape index (κ1) is 21.8. The van der Waals surface area contributed by atoms with Gasteiger partial charge in [0.25, 0.3) is 0 Å². The molecule has 1 aromatic rings. The molecule has 0 spiro atoms. The first-order chi connectivity index (χ1) is 14.2. The lowest BCUT2D eigenvalue weighted by Gasteiger charge is -2.66. The van der Waals surface area contributed by atoms with Crippen molar-refractivity contribution < 1.29 is 39.9 Å². The maximum atomic E-state index is 12.8. The first-order valence-electron chi connectivity index (χ1n) is 10.3. The number of carbonyl (C=O) groups is 2. The van der Waals surface area contributed by atoms with Crippen LogP contribution >= 0.6 is 0 Å². The number of aromatic hydroxyl groups is 2. The molecule has 3 aliphatic carbocycles. The van der Waals surface area contributed by atoms with Gasteiger partial charge in [-0.05, 0) is 42.9 Å². The summed E-state index contributed by atoms with van der Waals surface area (Å²) in [6.07, 6.45) is 0.0207. The van der Waals surface area contributed by atoms with E-state index in [2.05, 4.69) is 0 Å². The van der Waals surface area contributed by atoms with Gasteiger partial charge in [0, 0.05) is 23.0 Å². The van der Waals surface area contributed by atoms with Crippen LogP contribution in [0.5, 0.6) is 11.5 Å². The van der Waals surface area contributed by atoms with Gasteiger partial charge in [0.2, 0.25) is 0 Å². The standard InChI is InChI=1S/C23H28O8/c1-11-5-13(25)6-14(26)16(11)19(28)31-15-8-21(4)17-18(27)20(2,3)10-22(17,29)7-12(9-24)23(15,21)30/h5-7,9,15,17-18,25-27,29-30H,8,10H2,1-4H3/t15-,17-,18-,21-,22+,23+/m1/s1. The minimum Gasteiger partial charge on any atom is -0.508 e. The second-order valence-corrected chi connectivity index (χ2v) is 10.2. The average Bonchev–Trinajstić information content (AvgIpc) is 2.81. The van der Waals surface area contributed by atoms with E-state index >= 15 is 0 Å². The molecule has 0 bridgehead atoms. The van der Waals surface area contributed by atoms with Gasteiger partial charge in [0.05, 0.1) is 11.7 Å². The summed E-state index contributed by atoms with van der Waals surface area (Å²) in [6.45, 7) is 6.83. The molecular formula is C23H28O8. The number of benzene rings is 1. The normalized spacial score (nSPS) is 40.2. The zero-order chi connectivity index (χ0) is 23.1. The second kappa shape index (κ2) is 6.31. The molecule has 0 unspecified atom stereocenters. The van der Waals surface area contributed by atoms with Gasteiger partial charge < -0.3 is 30.3 Å². The van der Waals surface area contributed by atoms with Gasteiger partial charge in [0.15, 0.2) is 0 Å². The highest BCUT2D eigenvalue weighted by Gasteiger charge is 2.77. The van der Waals surface area contributed by atoms with Crippen molar-refractivity contribution in [2.75, 3.05) is 0 Å². The minimum atomic E-state index is -1.90. The molecule has 31 heavy (non-hydrogen) atoms. The molecule has 0 heterocycles. The third kappa shape index (κ3) is 2.65. The fourth-order valence-corrected chi connectivity index (χ4v) is 6.35. The summed E-state index contributed by atoms with van der Waals surface area (Å²) < 4.78 is 5.52. The Bertz CT molecular complexity index is 990. The van der Waals surface area contributed by atoms with Crippen LogP contribution in [0.25, 0.3) is 0 Å². The number of aldehydes is 1. The molecule has 2 fully saturated rings. The molecule has 0 aliphatic heterocycles. The molecule has 3 aliphatic rings. The predicted molar refractivity (Wildman–Crippen MR) is 108 cm³/mol. The number of phenolic OH excluding ortho intramolecular Hbond substituents is 2. The Morgan fingerprint density at radius 1 is 1.19 bits per heavy atom. The number of ether oxygens (including phenoxy) is 1. The van der Waals surface area contributed by atoms with E-state index in [-0.39, 0.29) is 35.3 Å². The number of esters is 1. The number of hydrogen-bond donors (Lipinski definition) is 5. The lowest BCUT2D eigenvalue weighted by atomic mass is 9.43. The number of aliphatic hydroxyl groups is 3. The van der Waals surface area contributed by atoms with Crippen LogP contribution in [0.1, 0.15) is 49.5 Å². The predicted octanol–water partition coefficient (Wildman–Crippen LogP) is 1.35. The summed E-state index contributed by atoms with van der Waals surface area (Å²) in [4.78, 5) is 24.7. The molecule has 0 radical (unpaired) electrons. The van der Waals surface area contributed by atoms with E-state index in [1.165, 1.54) is 19.1 Å². The van der Waals surface area contributed by atoms with Crippen molar-refractivity contribution in [3.8, 4) is 11.5 Å². The molecule has 8 heteroatoms. The summed E-state index contributed by atoms with van der Waals surface area (Å²) in [5.74, 6) is -2.35. The molecule has 0 saturated heterocycles. The molecule has 4 rings (SSSR count). The van der Waals surface area contributed by atoms with Gasteiger partial charge in [-0.2, -0.15) is 0 Å². The average molecular weight is 432 g/mol. The van der Waals surface area contributed by atoms with Gasteiger partial charge >= 0.3 is 5.97 Å². The summed E-state index contributed by atoms with van der Waals surface area (Å²) in [6, 6.07) is 2.31. The largest absolute Gasteiger partial charge is 0.508 e. The maximum Gasteiger partial charge on any atom is 0.342 e. The Labute approximate surface area is 179 Å². The van der Waals surface area contributed by atoms with E-state index in [0.717, 1.165) is 6.07 Å². The quantitative estimate of drug-likeness (QED) is 0.356. The van der Waals surface area contributed by atoms with Crippen LogP contribution in [-0.2, 0) is 9.53 Å². The van der Waals surface area contributed by atoms with Crippen LogP contribution in [0, 0.1) is 23.7 Å². The molecule has 1 aromatic carbocycles. The van der Waals surface area contributed by atoms with Crippen LogP contribution in [0.15, 0.2) is 23.8 Å². The van der Waals surface area contributed by atoms with E-state index in [4.69, 9.17) is 4.74 Å². The van der Waals surface area contributed by atoms with Crippen molar-refractivity contribution in [2.45, 2.75) is 63.9 Å². The van der Waals surface area contributed by atoms with Gasteiger partial charge in [-0.25, -0.2) is 4.79 Å². The first-order valence-corrected chi connectivity index (χ1v) is 10.3. The fourth-order valence-electron chi connectivity index (χ4n) is 6.35. The number of carbonyl (C=O) groups excluding carboxylic acids is 2.